The van der Waals surface area contributed by atoms with Crippen LogP contribution in [0.1, 0.15) is 23.6 Å². The molecule has 0 amide bonds. The van der Waals surface area contributed by atoms with Crippen LogP contribution in [0.25, 0.3) is 0 Å². The van der Waals surface area contributed by atoms with Gasteiger partial charge < -0.3 is 26.5 Å². The molecule has 0 unspecified atom stereocenters. The van der Waals surface area contributed by atoms with Gasteiger partial charge in [-0.25, -0.2) is 4.58 Å². The zero-order valence-corrected chi connectivity index (χ0v) is 16.0. The zero-order chi connectivity index (χ0) is 15.1. The molecule has 2 aliphatic heterocycles. The molecule has 5 heteroatoms. The maximum Gasteiger partial charge on any atom is 0.231 e. The molecule has 23 heavy (non-hydrogen) atoms. The van der Waals surface area contributed by atoms with Gasteiger partial charge in [0.05, 0.1) is 0 Å². The van der Waals surface area contributed by atoms with Gasteiger partial charge in [-0.05, 0) is 29.8 Å². The van der Waals surface area contributed by atoms with Gasteiger partial charge in [0.2, 0.25) is 6.79 Å². The van der Waals surface area contributed by atoms with Crippen LogP contribution in [-0.4, -0.2) is 23.6 Å². The average Bonchev–Trinajstić information content (AvgIpc) is 2.98. The highest BCUT2D eigenvalue weighted by Crippen LogP contribution is 2.36. The number of nitrogens with zero attached hydrogens (tertiary/aromatic N) is 1. The molecule has 0 atom stereocenters. The Hall–Kier alpha value is -1.33. The Bertz CT molecular complexity index is 769. The number of fused-ring (bicyclic) bond motifs is 2. The minimum absolute atomic E-state index is 0. The van der Waals surface area contributed by atoms with Crippen LogP contribution in [0.5, 0.6) is 11.5 Å². The first-order valence-electron chi connectivity index (χ1n) is 7.46. The number of ether oxygens (including phenoxy) is 2. The summed E-state index contributed by atoms with van der Waals surface area (Å²) in [5, 5.41) is 0. The molecule has 0 spiro atoms. The fraction of sp³-hybridized carbons (Fsp3) is 0.278. The Morgan fingerprint density at radius 1 is 1.09 bits per heavy atom. The number of benzene rings is 2. The summed E-state index contributed by atoms with van der Waals surface area (Å²) in [6.07, 6.45) is 1.04. The maximum absolute atomic E-state index is 5.52. The van der Waals surface area contributed by atoms with Crippen LogP contribution in [0, 0.1) is 0 Å². The fourth-order valence-corrected chi connectivity index (χ4v) is 3.39. The molecule has 0 saturated heterocycles. The smallest absolute Gasteiger partial charge is 0.231 e. The van der Waals surface area contributed by atoms with Crippen LogP contribution in [0.3, 0.4) is 0 Å². The summed E-state index contributed by atoms with van der Waals surface area (Å²) in [6, 6.07) is 12.8. The van der Waals surface area contributed by atoms with E-state index in [9.17, 15) is 0 Å². The van der Waals surface area contributed by atoms with Crippen molar-refractivity contribution < 1.29 is 31.0 Å². The fourth-order valence-electron chi connectivity index (χ4n) is 3.13. The van der Waals surface area contributed by atoms with Crippen molar-refractivity contribution in [3.8, 4) is 11.5 Å². The van der Waals surface area contributed by atoms with Gasteiger partial charge in [-0.1, -0.05) is 28.1 Å². The van der Waals surface area contributed by atoms with Crippen LogP contribution in [-0.2, 0) is 13.0 Å². The molecule has 0 radical (unpaired) electrons. The topological polar surface area (TPSA) is 21.5 Å². The molecule has 2 aromatic carbocycles. The molecular weight excluding hydrogens is 422 g/mol. The SMILES string of the molecule is CC1=[N+](Cc2ccc(Br)cc2)CCc2cc3c(cc21)OCO3.[Br-]. The maximum atomic E-state index is 5.52. The lowest BCUT2D eigenvalue weighted by Crippen LogP contribution is -3.00. The van der Waals surface area contributed by atoms with Gasteiger partial charge in [-0.15, -0.1) is 0 Å². The first-order chi connectivity index (χ1) is 10.7. The lowest BCUT2D eigenvalue weighted by atomic mass is 9.96. The monoisotopic (exact) mass is 437 g/mol. The van der Waals surface area contributed by atoms with E-state index in [0.29, 0.717) is 6.79 Å². The van der Waals surface area contributed by atoms with Crippen LogP contribution < -0.4 is 26.5 Å². The van der Waals surface area contributed by atoms with Crippen molar-refractivity contribution in [2.45, 2.75) is 19.9 Å². The van der Waals surface area contributed by atoms with E-state index >= 15 is 0 Å². The first kappa shape index (κ1) is 16.5. The van der Waals surface area contributed by atoms with Crippen molar-refractivity contribution in [1.29, 1.82) is 0 Å². The third kappa shape index (κ3) is 3.17. The molecule has 120 valence electrons. The summed E-state index contributed by atoms with van der Waals surface area (Å²) >= 11 is 3.49. The van der Waals surface area contributed by atoms with Crippen LogP contribution >= 0.6 is 15.9 Å². The van der Waals surface area contributed by atoms with Crippen molar-refractivity contribution in [3.05, 3.63) is 57.6 Å². The van der Waals surface area contributed by atoms with Gasteiger partial charge >= 0.3 is 0 Å². The Morgan fingerprint density at radius 3 is 2.52 bits per heavy atom. The molecule has 0 aromatic heterocycles. The Kier molecular flexibility index (Phi) is 4.78. The predicted molar refractivity (Wildman–Crippen MR) is 89.0 cm³/mol. The molecule has 0 fully saturated rings. The quantitative estimate of drug-likeness (QED) is 0.645. The molecular formula is C18H17Br2NO2. The summed E-state index contributed by atoms with van der Waals surface area (Å²) in [6.45, 7) is 4.50. The van der Waals surface area contributed by atoms with Gasteiger partial charge in [0.1, 0.15) is 6.54 Å². The summed E-state index contributed by atoms with van der Waals surface area (Å²) in [5.74, 6) is 1.75. The zero-order valence-electron chi connectivity index (χ0n) is 12.8. The van der Waals surface area contributed by atoms with E-state index in [1.807, 2.05) is 0 Å². The molecule has 0 saturated carbocycles. The van der Waals surface area contributed by atoms with Gasteiger partial charge in [0.25, 0.3) is 0 Å². The average molecular weight is 439 g/mol. The highest BCUT2D eigenvalue weighted by molar-refractivity contribution is 9.10. The van der Waals surface area contributed by atoms with E-state index in [2.05, 4.69) is 63.8 Å². The van der Waals surface area contributed by atoms with Gasteiger partial charge in [-0.3, -0.25) is 0 Å². The summed E-state index contributed by atoms with van der Waals surface area (Å²) in [5.41, 5.74) is 5.27. The highest BCUT2D eigenvalue weighted by Gasteiger charge is 2.26. The first-order valence-corrected chi connectivity index (χ1v) is 8.26. The molecule has 0 aliphatic carbocycles. The van der Waals surface area contributed by atoms with Gasteiger partial charge in [0.15, 0.2) is 23.8 Å². The molecule has 0 bridgehead atoms. The van der Waals surface area contributed by atoms with Crippen molar-refractivity contribution in [1.82, 2.24) is 0 Å². The van der Waals surface area contributed by atoms with Crippen molar-refractivity contribution in [3.63, 3.8) is 0 Å². The number of hydrogen-bond donors (Lipinski definition) is 0. The summed E-state index contributed by atoms with van der Waals surface area (Å²) < 4.78 is 14.6. The molecule has 0 N–H and O–H groups in total. The normalized spacial score (nSPS) is 15.2. The standard InChI is InChI=1S/C18H17BrNO2.BrH/c1-12-16-9-18-17(21-11-22-18)8-14(16)6-7-20(12)10-13-2-4-15(19)5-3-13;/h2-5,8-9H,6-7,10-11H2,1H3;1H/q+1;/p-1. The molecule has 2 heterocycles. The Balaban J connectivity index is 0.00000156. The van der Waals surface area contributed by atoms with E-state index in [1.165, 1.54) is 22.4 Å². The Morgan fingerprint density at radius 2 is 1.78 bits per heavy atom. The number of halogens is 2. The van der Waals surface area contributed by atoms with Crippen molar-refractivity contribution in [2.75, 3.05) is 13.3 Å². The second-order valence-corrected chi connectivity index (χ2v) is 6.66. The minimum Gasteiger partial charge on any atom is -1.00 e. The molecule has 2 aromatic rings. The van der Waals surface area contributed by atoms with Gasteiger partial charge in [0, 0.05) is 28.9 Å². The summed E-state index contributed by atoms with van der Waals surface area (Å²) in [4.78, 5) is 0. The highest BCUT2D eigenvalue weighted by atomic mass is 79.9. The third-order valence-electron chi connectivity index (χ3n) is 4.40. The van der Waals surface area contributed by atoms with E-state index in [1.54, 1.807) is 0 Å². The van der Waals surface area contributed by atoms with E-state index in [0.717, 1.165) is 35.5 Å². The predicted octanol–water partition coefficient (Wildman–Crippen LogP) is 0.760. The van der Waals surface area contributed by atoms with Crippen LogP contribution in [0.4, 0.5) is 0 Å². The number of hydrogen-bond acceptors (Lipinski definition) is 2. The lowest BCUT2D eigenvalue weighted by Gasteiger charge is -2.17. The second kappa shape index (κ2) is 6.65. The minimum atomic E-state index is 0. The van der Waals surface area contributed by atoms with E-state index in [4.69, 9.17) is 9.47 Å². The van der Waals surface area contributed by atoms with Gasteiger partial charge in [-0.2, -0.15) is 0 Å². The van der Waals surface area contributed by atoms with E-state index < -0.39 is 0 Å². The van der Waals surface area contributed by atoms with Crippen molar-refractivity contribution >= 4 is 21.6 Å². The molecule has 3 nitrogen and oxygen atoms in total. The van der Waals surface area contributed by atoms with Crippen LogP contribution in [0.2, 0.25) is 0 Å². The third-order valence-corrected chi connectivity index (χ3v) is 4.93. The van der Waals surface area contributed by atoms with Crippen molar-refractivity contribution in [2.24, 2.45) is 0 Å². The lowest BCUT2D eigenvalue weighted by molar-refractivity contribution is -0.545. The number of rotatable bonds is 2. The Labute approximate surface area is 154 Å². The van der Waals surface area contributed by atoms with Crippen LogP contribution in [0.15, 0.2) is 40.9 Å². The van der Waals surface area contributed by atoms with E-state index in [-0.39, 0.29) is 17.0 Å². The summed E-state index contributed by atoms with van der Waals surface area (Å²) in [7, 11) is 0. The molecule has 2 aliphatic rings. The largest absolute Gasteiger partial charge is 1.00 e. The molecule has 4 rings (SSSR count). The second-order valence-electron chi connectivity index (χ2n) is 5.75.